The van der Waals surface area contributed by atoms with E-state index in [2.05, 4.69) is 9.59 Å². The monoisotopic (exact) mass is 289 g/mol. The minimum atomic E-state index is -4.51. The van der Waals surface area contributed by atoms with Crippen molar-refractivity contribution in [1.82, 2.24) is 9.59 Å². The maximum atomic E-state index is 12.5. The number of carbonyl (C=O) groups excluding carboxylic acids is 1. The standard InChI is InChI=1S/C10H6F3N3O2S/c11-10(12,13)5-2-1-3-6(4-5)18-9(17)7-8(14)19-16-15-7/h1-4H,14H2. The molecule has 0 spiro atoms. The van der Waals surface area contributed by atoms with E-state index in [4.69, 9.17) is 10.5 Å². The Labute approximate surface area is 109 Å². The van der Waals surface area contributed by atoms with Crippen molar-refractivity contribution in [3.05, 3.63) is 35.5 Å². The van der Waals surface area contributed by atoms with Crippen LogP contribution in [0.2, 0.25) is 0 Å². The number of esters is 1. The molecule has 0 amide bonds. The van der Waals surface area contributed by atoms with Crippen molar-refractivity contribution in [1.29, 1.82) is 0 Å². The lowest BCUT2D eigenvalue weighted by molar-refractivity contribution is -0.137. The fourth-order valence-electron chi connectivity index (χ4n) is 1.23. The highest BCUT2D eigenvalue weighted by Crippen LogP contribution is 2.31. The van der Waals surface area contributed by atoms with E-state index in [1.807, 2.05) is 0 Å². The van der Waals surface area contributed by atoms with Crippen LogP contribution in [-0.4, -0.2) is 15.6 Å². The summed E-state index contributed by atoms with van der Waals surface area (Å²) in [7, 11) is 0. The number of benzene rings is 1. The number of hydrogen-bond donors (Lipinski definition) is 1. The number of alkyl halides is 3. The Kier molecular flexibility index (Phi) is 3.38. The van der Waals surface area contributed by atoms with Gasteiger partial charge in [0.1, 0.15) is 10.8 Å². The third-order valence-corrected chi connectivity index (χ3v) is 2.63. The van der Waals surface area contributed by atoms with Gasteiger partial charge in [0.05, 0.1) is 5.56 Å². The number of aromatic nitrogens is 2. The van der Waals surface area contributed by atoms with E-state index < -0.39 is 17.7 Å². The van der Waals surface area contributed by atoms with Gasteiger partial charge in [0.25, 0.3) is 0 Å². The smallest absolute Gasteiger partial charge is 0.416 e. The summed E-state index contributed by atoms with van der Waals surface area (Å²) in [5.41, 5.74) is 4.27. The Hall–Kier alpha value is -2.16. The second-order valence-electron chi connectivity index (χ2n) is 3.40. The lowest BCUT2D eigenvalue weighted by Gasteiger charge is -2.08. The van der Waals surface area contributed by atoms with Gasteiger partial charge < -0.3 is 10.5 Å². The van der Waals surface area contributed by atoms with Crippen LogP contribution in [0.15, 0.2) is 24.3 Å². The molecule has 0 aliphatic heterocycles. The lowest BCUT2D eigenvalue weighted by atomic mass is 10.2. The fraction of sp³-hybridized carbons (Fsp3) is 0.100. The maximum Gasteiger partial charge on any atom is 0.416 e. The van der Waals surface area contributed by atoms with Crippen LogP contribution < -0.4 is 10.5 Å². The van der Waals surface area contributed by atoms with Gasteiger partial charge in [-0.15, -0.1) is 5.10 Å². The van der Waals surface area contributed by atoms with Crippen LogP contribution in [0.4, 0.5) is 18.2 Å². The molecule has 0 atom stereocenters. The van der Waals surface area contributed by atoms with Crippen LogP contribution in [0, 0.1) is 0 Å². The topological polar surface area (TPSA) is 78.1 Å². The van der Waals surface area contributed by atoms with Gasteiger partial charge in [-0.2, -0.15) is 13.2 Å². The molecule has 1 aromatic carbocycles. The zero-order chi connectivity index (χ0) is 14.0. The predicted octanol–water partition coefficient (Wildman–Crippen LogP) is 2.36. The SMILES string of the molecule is Nc1snnc1C(=O)Oc1cccc(C(F)(F)F)c1. The van der Waals surface area contributed by atoms with Gasteiger partial charge in [0.2, 0.25) is 5.69 Å². The van der Waals surface area contributed by atoms with Crippen LogP contribution in [0.3, 0.4) is 0 Å². The summed E-state index contributed by atoms with van der Waals surface area (Å²) in [6.07, 6.45) is -4.51. The molecule has 0 radical (unpaired) electrons. The van der Waals surface area contributed by atoms with E-state index in [0.29, 0.717) is 6.07 Å². The lowest BCUT2D eigenvalue weighted by Crippen LogP contribution is -2.12. The van der Waals surface area contributed by atoms with E-state index in [1.165, 1.54) is 6.07 Å². The van der Waals surface area contributed by atoms with Gasteiger partial charge in [0, 0.05) is 11.5 Å². The minimum Gasteiger partial charge on any atom is -0.422 e. The molecule has 5 nitrogen and oxygen atoms in total. The molecule has 0 saturated carbocycles. The molecular formula is C10H6F3N3O2S. The van der Waals surface area contributed by atoms with Crippen LogP contribution in [0.25, 0.3) is 0 Å². The van der Waals surface area contributed by atoms with Gasteiger partial charge in [-0.3, -0.25) is 0 Å². The molecule has 1 aromatic heterocycles. The van der Waals surface area contributed by atoms with Gasteiger partial charge >= 0.3 is 12.1 Å². The summed E-state index contributed by atoms with van der Waals surface area (Å²) in [5, 5.41) is 3.47. The van der Waals surface area contributed by atoms with E-state index in [0.717, 1.165) is 23.7 Å². The van der Waals surface area contributed by atoms with Crippen molar-refractivity contribution in [2.75, 3.05) is 5.73 Å². The number of nitrogens with zero attached hydrogens (tertiary/aromatic N) is 2. The van der Waals surface area contributed by atoms with Crippen LogP contribution in [-0.2, 0) is 6.18 Å². The average Bonchev–Trinajstić information content (AvgIpc) is 2.75. The largest absolute Gasteiger partial charge is 0.422 e. The van der Waals surface area contributed by atoms with E-state index in [1.54, 1.807) is 0 Å². The molecule has 100 valence electrons. The average molecular weight is 289 g/mol. The summed E-state index contributed by atoms with van der Waals surface area (Å²) in [6, 6.07) is 3.95. The minimum absolute atomic E-state index is 0.0389. The highest BCUT2D eigenvalue weighted by molar-refractivity contribution is 7.10. The number of ether oxygens (including phenoxy) is 1. The first-order valence-electron chi connectivity index (χ1n) is 4.85. The highest BCUT2D eigenvalue weighted by atomic mass is 32.1. The number of halogens is 3. The second kappa shape index (κ2) is 4.84. The van der Waals surface area contributed by atoms with Crippen LogP contribution >= 0.6 is 11.5 Å². The molecule has 0 fully saturated rings. The number of anilines is 1. The second-order valence-corrected chi connectivity index (χ2v) is 4.19. The first-order chi connectivity index (χ1) is 8.88. The first kappa shape index (κ1) is 13.3. The molecule has 2 rings (SSSR count). The molecule has 2 aromatic rings. The Bertz CT molecular complexity index is 612. The van der Waals surface area contributed by atoms with Crippen LogP contribution in [0.5, 0.6) is 5.75 Å². The van der Waals surface area contributed by atoms with Gasteiger partial charge in [0.15, 0.2) is 0 Å². The molecule has 0 saturated heterocycles. The molecule has 0 bridgehead atoms. The number of nitrogen functional groups attached to an aromatic ring is 1. The molecule has 0 aliphatic rings. The van der Waals surface area contributed by atoms with Crippen molar-refractivity contribution >= 4 is 22.5 Å². The summed E-state index contributed by atoms with van der Waals surface area (Å²) < 4.78 is 45.6. The quantitative estimate of drug-likeness (QED) is 0.678. The van der Waals surface area contributed by atoms with Crippen molar-refractivity contribution in [3.63, 3.8) is 0 Å². The van der Waals surface area contributed by atoms with Gasteiger partial charge in [-0.25, -0.2) is 4.79 Å². The molecule has 19 heavy (non-hydrogen) atoms. The first-order valence-corrected chi connectivity index (χ1v) is 5.62. The third-order valence-electron chi connectivity index (χ3n) is 2.08. The van der Waals surface area contributed by atoms with Crippen molar-refractivity contribution in [2.24, 2.45) is 0 Å². The number of nitrogens with two attached hydrogens (primary N) is 1. The molecule has 2 N–H and O–H groups in total. The zero-order valence-corrected chi connectivity index (χ0v) is 9.96. The summed E-state index contributed by atoms with van der Waals surface area (Å²) in [4.78, 5) is 11.6. The molecule has 1 heterocycles. The highest BCUT2D eigenvalue weighted by Gasteiger charge is 2.31. The summed E-state index contributed by atoms with van der Waals surface area (Å²) >= 11 is 0.787. The van der Waals surface area contributed by atoms with E-state index in [-0.39, 0.29) is 16.4 Å². The number of hydrogen-bond acceptors (Lipinski definition) is 6. The zero-order valence-electron chi connectivity index (χ0n) is 9.14. The number of carbonyl (C=O) groups is 1. The molecule has 0 unspecified atom stereocenters. The van der Waals surface area contributed by atoms with Crippen molar-refractivity contribution < 1.29 is 22.7 Å². The molecule has 0 aliphatic carbocycles. The van der Waals surface area contributed by atoms with Crippen molar-refractivity contribution in [2.45, 2.75) is 6.18 Å². The predicted molar refractivity (Wildman–Crippen MR) is 60.7 cm³/mol. The third kappa shape index (κ3) is 2.99. The van der Waals surface area contributed by atoms with Gasteiger partial charge in [-0.1, -0.05) is 10.6 Å². The Balaban J connectivity index is 2.21. The maximum absolute atomic E-state index is 12.5. The normalized spacial score (nSPS) is 11.3. The fourth-order valence-corrected chi connectivity index (χ4v) is 1.65. The summed E-state index contributed by atoms with van der Waals surface area (Å²) in [5.74, 6) is -1.20. The molecular weight excluding hydrogens is 283 g/mol. The van der Waals surface area contributed by atoms with E-state index >= 15 is 0 Å². The Morgan fingerprint density at radius 1 is 1.37 bits per heavy atom. The van der Waals surface area contributed by atoms with Crippen molar-refractivity contribution in [3.8, 4) is 5.75 Å². The van der Waals surface area contributed by atoms with Gasteiger partial charge in [-0.05, 0) is 18.2 Å². The molecule has 9 heteroatoms. The summed E-state index contributed by atoms with van der Waals surface area (Å²) in [6.45, 7) is 0. The number of rotatable bonds is 2. The van der Waals surface area contributed by atoms with E-state index in [9.17, 15) is 18.0 Å². The Morgan fingerprint density at radius 3 is 2.68 bits per heavy atom. The Morgan fingerprint density at radius 2 is 2.11 bits per heavy atom. The van der Waals surface area contributed by atoms with Crippen LogP contribution in [0.1, 0.15) is 16.1 Å².